The van der Waals surface area contributed by atoms with E-state index in [0.29, 0.717) is 18.3 Å². The van der Waals surface area contributed by atoms with Gasteiger partial charge in [0.2, 0.25) is 0 Å². The third kappa shape index (κ3) is 2.77. The summed E-state index contributed by atoms with van der Waals surface area (Å²) in [6.07, 6.45) is 10.6. The molecule has 0 spiro atoms. The van der Waals surface area contributed by atoms with Crippen LogP contribution in [0, 0.1) is 35.0 Å². The summed E-state index contributed by atoms with van der Waals surface area (Å²) < 4.78 is 5.30. The quantitative estimate of drug-likeness (QED) is 0.702. The predicted molar refractivity (Wildman–Crippen MR) is 99.3 cm³/mol. The lowest BCUT2D eigenvalue weighted by atomic mass is 9.49. The van der Waals surface area contributed by atoms with Crippen LogP contribution in [0.25, 0.3) is 0 Å². The maximum absolute atomic E-state index is 10.8. The van der Waals surface area contributed by atoms with Gasteiger partial charge in [-0.1, -0.05) is 6.92 Å². The highest BCUT2D eigenvalue weighted by Crippen LogP contribution is 2.64. The molecule has 4 aliphatic carbocycles. The molecule has 0 aliphatic heterocycles. The average molecular weight is 349 g/mol. The Bertz CT molecular complexity index is 551. The Hall–Kier alpha value is -0.540. The molecule has 0 unspecified atom stereocenters. The number of hydrogen-bond donors (Lipinski definition) is 2. The van der Waals surface area contributed by atoms with E-state index in [4.69, 9.17) is 4.74 Å². The standard InChI is InChI=1S/C22H36O3/c1-14(23)19-6-7-20-18-5-4-15-12-22(24,13-25-3)11-9-16(15)17(18)8-10-21(19,20)2/h15-18,20,23-24H,4-13H2,1-3H3/b19-14+/t15-,16-,17+,18+,20-,21+,22-/m0/s1. The monoisotopic (exact) mass is 348 g/mol. The summed E-state index contributed by atoms with van der Waals surface area (Å²) in [5, 5.41) is 21.0. The zero-order chi connectivity index (χ0) is 17.8. The fraction of sp³-hybridized carbons (Fsp3) is 0.909. The van der Waals surface area contributed by atoms with Gasteiger partial charge in [-0.25, -0.2) is 0 Å². The van der Waals surface area contributed by atoms with Crippen LogP contribution < -0.4 is 0 Å². The van der Waals surface area contributed by atoms with Gasteiger partial charge in [0.05, 0.1) is 18.0 Å². The Kier molecular flexibility index (Phi) is 4.47. The Balaban J connectivity index is 1.53. The van der Waals surface area contributed by atoms with E-state index < -0.39 is 5.60 Å². The molecule has 4 rings (SSSR count). The van der Waals surface area contributed by atoms with Crippen LogP contribution >= 0.6 is 0 Å². The summed E-state index contributed by atoms with van der Waals surface area (Å²) >= 11 is 0. The van der Waals surface area contributed by atoms with Gasteiger partial charge in [0.15, 0.2) is 0 Å². The van der Waals surface area contributed by atoms with Crippen molar-refractivity contribution in [2.24, 2.45) is 35.0 Å². The second-order valence-electron chi connectivity index (χ2n) is 9.89. The highest BCUT2D eigenvalue weighted by Gasteiger charge is 2.56. The number of ether oxygens (including phenoxy) is 1. The molecule has 3 heteroatoms. The first-order valence-corrected chi connectivity index (χ1v) is 10.5. The van der Waals surface area contributed by atoms with E-state index in [1.54, 1.807) is 7.11 Å². The topological polar surface area (TPSA) is 49.7 Å². The lowest BCUT2D eigenvalue weighted by Crippen LogP contribution is -2.51. The average Bonchev–Trinajstić information content (AvgIpc) is 2.91. The molecule has 4 aliphatic rings. The van der Waals surface area contributed by atoms with Crippen LogP contribution in [-0.4, -0.2) is 29.5 Å². The van der Waals surface area contributed by atoms with Crippen LogP contribution in [0.3, 0.4) is 0 Å². The number of aliphatic hydroxyl groups is 2. The summed E-state index contributed by atoms with van der Waals surface area (Å²) in [7, 11) is 1.71. The zero-order valence-corrected chi connectivity index (χ0v) is 16.3. The summed E-state index contributed by atoms with van der Waals surface area (Å²) in [5.74, 6) is 4.55. The third-order valence-corrected chi connectivity index (χ3v) is 8.74. The summed E-state index contributed by atoms with van der Waals surface area (Å²) in [6, 6.07) is 0. The number of rotatable bonds is 2. The Morgan fingerprint density at radius 3 is 2.56 bits per heavy atom. The normalized spacial score (nSPS) is 51.4. The maximum atomic E-state index is 10.8. The zero-order valence-electron chi connectivity index (χ0n) is 16.3. The molecule has 0 amide bonds. The first-order chi connectivity index (χ1) is 11.9. The molecule has 3 nitrogen and oxygen atoms in total. The van der Waals surface area contributed by atoms with E-state index >= 15 is 0 Å². The van der Waals surface area contributed by atoms with Gasteiger partial charge < -0.3 is 14.9 Å². The first kappa shape index (κ1) is 17.9. The van der Waals surface area contributed by atoms with Gasteiger partial charge in [0.1, 0.15) is 0 Å². The molecule has 0 radical (unpaired) electrons. The fourth-order valence-electron chi connectivity index (χ4n) is 7.77. The van der Waals surface area contributed by atoms with Crippen molar-refractivity contribution in [2.45, 2.75) is 77.2 Å². The molecular weight excluding hydrogens is 312 g/mol. The van der Waals surface area contributed by atoms with Crippen molar-refractivity contribution in [3.8, 4) is 0 Å². The molecule has 2 N–H and O–H groups in total. The Morgan fingerprint density at radius 1 is 1.08 bits per heavy atom. The highest BCUT2D eigenvalue weighted by molar-refractivity contribution is 5.25. The number of hydrogen-bond acceptors (Lipinski definition) is 3. The minimum Gasteiger partial charge on any atom is -0.513 e. The number of fused-ring (bicyclic) bond motifs is 5. The third-order valence-electron chi connectivity index (χ3n) is 8.74. The van der Waals surface area contributed by atoms with Gasteiger partial charge in [-0.05, 0) is 105 Å². The maximum Gasteiger partial charge on any atom is 0.0889 e. The second kappa shape index (κ2) is 6.27. The molecule has 0 bridgehead atoms. The van der Waals surface area contributed by atoms with Crippen LogP contribution in [0.5, 0.6) is 0 Å². The van der Waals surface area contributed by atoms with E-state index in [2.05, 4.69) is 6.92 Å². The number of allylic oxidation sites excluding steroid dienone is 2. The van der Waals surface area contributed by atoms with Gasteiger partial charge in [0, 0.05) is 7.11 Å². The van der Waals surface area contributed by atoms with Crippen LogP contribution in [0.2, 0.25) is 0 Å². The molecule has 142 valence electrons. The van der Waals surface area contributed by atoms with Gasteiger partial charge in [-0.15, -0.1) is 0 Å². The van der Waals surface area contributed by atoms with Crippen molar-refractivity contribution in [1.29, 1.82) is 0 Å². The smallest absolute Gasteiger partial charge is 0.0889 e. The summed E-state index contributed by atoms with van der Waals surface area (Å²) in [4.78, 5) is 0. The van der Waals surface area contributed by atoms with E-state index in [0.717, 1.165) is 42.9 Å². The fourth-order valence-corrected chi connectivity index (χ4v) is 7.77. The molecule has 0 heterocycles. The molecule has 7 atom stereocenters. The molecule has 0 aromatic rings. The van der Waals surface area contributed by atoms with Crippen molar-refractivity contribution >= 4 is 0 Å². The van der Waals surface area contributed by atoms with E-state index in [1.165, 1.54) is 44.1 Å². The molecule has 0 aromatic heterocycles. The summed E-state index contributed by atoms with van der Waals surface area (Å²) in [6.45, 7) is 4.82. The molecule has 0 saturated heterocycles. The van der Waals surface area contributed by atoms with Gasteiger partial charge in [-0.2, -0.15) is 0 Å². The Labute approximate surface area is 152 Å². The van der Waals surface area contributed by atoms with Crippen molar-refractivity contribution in [3.05, 3.63) is 11.3 Å². The molecule has 0 aromatic carbocycles. The van der Waals surface area contributed by atoms with Gasteiger partial charge in [0.25, 0.3) is 0 Å². The van der Waals surface area contributed by atoms with Crippen LogP contribution in [-0.2, 0) is 4.74 Å². The highest BCUT2D eigenvalue weighted by atomic mass is 16.5. The largest absolute Gasteiger partial charge is 0.513 e. The lowest BCUT2D eigenvalue weighted by Gasteiger charge is -2.56. The minimum atomic E-state index is -0.580. The lowest BCUT2D eigenvalue weighted by molar-refractivity contribution is -0.119. The van der Waals surface area contributed by atoms with Crippen molar-refractivity contribution in [2.75, 3.05) is 13.7 Å². The van der Waals surface area contributed by atoms with Crippen LogP contribution in [0.4, 0.5) is 0 Å². The molecule has 25 heavy (non-hydrogen) atoms. The summed E-state index contributed by atoms with van der Waals surface area (Å²) in [5.41, 5.74) is 1.03. The van der Waals surface area contributed by atoms with Crippen molar-refractivity contribution < 1.29 is 14.9 Å². The predicted octanol–water partition coefficient (Wildman–Crippen LogP) is 4.85. The first-order valence-electron chi connectivity index (χ1n) is 10.5. The van der Waals surface area contributed by atoms with E-state index in [1.807, 2.05) is 6.92 Å². The molecule has 4 saturated carbocycles. The Morgan fingerprint density at radius 2 is 1.84 bits per heavy atom. The second-order valence-corrected chi connectivity index (χ2v) is 9.89. The minimum absolute atomic E-state index is 0.248. The van der Waals surface area contributed by atoms with Crippen LogP contribution in [0.1, 0.15) is 71.6 Å². The SMILES string of the molecule is COC[C@]1(O)CC[C@H]2[C@@H](CC[C@@H]3[C@@H]2CC[C@]2(C)/C(=C(\C)O)CC[C@@H]32)C1. The molecule has 4 fully saturated rings. The number of methoxy groups -OCH3 is 1. The van der Waals surface area contributed by atoms with Crippen molar-refractivity contribution in [3.63, 3.8) is 0 Å². The van der Waals surface area contributed by atoms with Crippen molar-refractivity contribution in [1.82, 2.24) is 0 Å². The van der Waals surface area contributed by atoms with E-state index in [-0.39, 0.29) is 5.41 Å². The van der Waals surface area contributed by atoms with Gasteiger partial charge >= 0.3 is 0 Å². The molecular formula is C22H36O3. The number of aliphatic hydroxyl groups excluding tert-OH is 1. The van der Waals surface area contributed by atoms with E-state index in [9.17, 15) is 10.2 Å². The van der Waals surface area contributed by atoms with Gasteiger partial charge in [-0.3, -0.25) is 0 Å². The van der Waals surface area contributed by atoms with Crippen LogP contribution in [0.15, 0.2) is 11.3 Å².